The maximum atomic E-state index is 5.73. The number of aryl methyl sites for hydroxylation is 2. The van der Waals surface area contributed by atoms with Crippen molar-refractivity contribution < 1.29 is 0 Å². The highest BCUT2D eigenvalue weighted by Gasteiger charge is 2.10. The van der Waals surface area contributed by atoms with E-state index in [0.717, 1.165) is 42.5 Å². The molecule has 0 saturated carbocycles. The van der Waals surface area contributed by atoms with Gasteiger partial charge in [0.2, 0.25) is 5.95 Å². The first-order valence-corrected chi connectivity index (χ1v) is 7.00. The normalized spacial score (nSPS) is 10.6. The van der Waals surface area contributed by atoms with Crippen molar-refractivity contribution in [2.75, 3.05) is 17.2 Å². The molecule has 0 aliphatic rings. The molecule has 1 aromatic carbocycles. The number of hydrogen-bond donors (Lipinski definition) is 1. The van der Waals surface area contributed by atoms with Crippen molar-refractivity contribution in [1.82, 2.24) is 9.97 Å². The van der Waals surface area contributed by atoms with E-state index in [1.165, 1.54) is 5.56 Å². The lowest BCUT2D eigenvalue weighted by Crippen LogP contribution is -2.26. The largest absolute Gasteiger partial charge is 0.399 e. The number of aromatic nitrogens is 2. The molecule has 1 heterocycles. The van der Waals surface area contributed by atoms with Crippen LogP contribution in [0.2, 0.25) is 0 Å². The fraction of sp³-hybridized carbons (Fsp3) is 0.375. The predicted octanol–water partition coefficient (Wildman–Crippen LogP) is 3.09. The zero-order valence-electron chi connectivity index (χ0n) is 12.4. The maximum Gasteiger partial charge on any atom is 0.226 e. The Bertz CT molecular complexity index is 543. The average molecular weight is 270 g/mol. The summed E-state index contributed by atoms with van der Waals surface area (Å²) < 4.78 is 0. The van der Waals surface area contributed by atoms with E-state index in [2.05, 4.69) is 33.9 Å². The minimum Gasteiger partial charge on any atom is -0.399 e. The second-order valence-corrected chi connectivity index (χ2v) is 5.11. The van der Waals surface area contributed by atoms with Gasteiger partial charge in [-0.15, -0.1) is 0 Å². The second-order valence-electron chi connectivity index (χ2n) is 5.11. The molecule has 4 nitrogen and oxygen atoms in total. The van der Waals surface area contributed by atoms with Gasteiger partial charge in [0, 0.05) is 30.2 Å². The molecule has 0 aliphatic heterocycles. The van der Waals surface area contributed by atoms with Gasteiger partial charge in [-0.25, -0.2) is 9.97 Å². The Morgan fingerprint density at radius 2 is 1.65 bits per heavy atom. The Kier molecular flexibility index (Phi) is 4.56. The molecule has 0 unspecified atom stereocenters. The summed E-state index contributed by atoms with van der Waals surface area (Å²) in [5.74, 6) is 0.807. The lowest BCUT2D eigenvalue weighted by Gasteiger charge is -2.22. The van der Waals surface area contributed by atoms with Crippen molar-refractivity contribution in [2.24, 2.45) is 0 Å². The monoisotopic (exact) mass is 270 g/mol. The number of benzene rings is 1. The first kappa shape index (κ1) is 14.3. The van der Waals surface area contributed by atoms with Gasteiger partial charge in [0.25, 0.3) is 0 Å². The first-order valence-electron chi connectivity index (χ1n) is 7.00. The van der Waals surface area contributed by atoms with Gasteiger partial charge in [-0.2, -0.15) is 0 Å². The van der Waals surface area contributed by atoms with E-state index >= 15 is 0 Å². The zero-order valence-corrected chi connectivity index (χ0v) is 12.4. The molecule has 0 fully saturated rings. The Morgan fingerprint density at radius 1 is 1.05 bits per heavy atom. The molecule has 2 rings (SSSR count). The molecule has 0 amide bonds. The molecule has 0 saturated heterocycles. The molecule has 2 aromatic rings. The van der Waals surface area contributed by atoms with Crippen LogP contribution in [0.3, 0.4) is 0 Å². The van der Waals surface area contributed by atoms with E-state index in [9.17, 15) is 0 Å². The van der Waals surface area contributed by atoms with E-state index in [1.807, 2.05) is 32.0 Å². The second kappa shape index (κ2) is 6.37. The minimum atomic E-state index is 0.790. The van der Waals surface area contributed by atoms with Crippen LogP contribution in [0.5, 0.6) is 0 Å². The van der Waals surface area contributed by atoms with Crippen LogP contribution in [0.15, 0.2) is 30.3 Å². The lowest BCUT2D eigenvalue weighted by atomic mass is 10.2. The zero-order chi connectivity index (χ0) is 14.5. The number of nitrogens with zero attached hydrogens (tertiary/aromatic N) is 3. The average Bonchev–Trinajstić information content (AvgIpc) is 2.39. The summed E-state index contributed by atoms with van der Waals surface area (Å²) in [4.78, 5) is 11.3. The fourth-order valence-corrected chi connectivity index (χ4v) is 2.21. The van der Waals surface area contributed by atoms with Crippen molar-refractivity contribution in [3.63, 3.8) is 0 Å². The summed E-state index contributed by atoms with van der Waals surface area (Å²) >= 11 is 0. The third kappa shape index (κ3) is 3.70. The highest BCUT2D eigenvalue weighted by atomic mass is 15.2. The van der Waals surface area contributed by atoms with Gasteiger partial charge in [-0.1, -0.05) is 19.1 Å². The standard InChI is InChI=1S/C16H22N4/c1-4-9-20(11-14-5-7-15(17)8-6-14)16-18-12(2)10-13(3)19-16/h5-8,10H,4,9,11,17H2,1-3H3. The van der Waals surface area contributed by atoms with E-state index in [-0.39, 0.29) is 0 Å². The van der Waals surface area contributed by atoms with Crippen LogP contribution in [-0.4, -0.2) is 16.5 Å². The van der Waals surface area contributed by atoms with Gasteiger partial charge in [0.15, 0.2) is 0 Å². The summed E-state index contributed by atoms with van der Waals surface area (Å²) in [5, 5.41) is 0. The topological polar surface area (TPSA) is 55.0 Å². The van der Waals surface area contributed by atoms with E-state index in [1.54, 1.807) is 0 Å². The third-order valence-electron chi connectivity index (χ3n) is 3.10. The van der Waals surface area contributed by atoms with Crippen molar-refractivity contribution in [2.45, 2.75) is 33.7 Å². The lowest BCUT2D eigenvalue weighted by molar-refractivity contribution is 0.734. The Morgan fingerprint density at radius 3 is 2.20 bits per heavy atom. The van der Waals surface area contributed by atoms with Crippen molar-refractivity contribution in [1.29, 1.82) is 0 Å². The number of nitrogens with two attached hydrogens (primary N) is 1. The van der Waals surface area contributed by atoms with Gasteiger partial charge in [0.1, 0.15) is 0 Å². The summed E-state index contributed by atoms with van der Waals surface area (Å²) in [6.45, 7) is 7.92. The van der Waals surface area contributed by atoms with Crippen LogP contribution in [0.25, 0.3) is 0 Å². The Balaban J connectivity index is 2.23. The molecule has 0 bridgehead atoms. The van der Waals surface area contributed by atoms with Crippen LogP contribution in [-0.2, 0) is 6.54 Å². The molecule has 20 heavy (non-hydrogen) atoms. The maximum absolute atomic E-state index is 5.73. The third-order valence-corrected chi connectivity index (χ3v) is 3.10. The van der Waals surface area contributed by atoms with Crippen LogP contribution < -0.4 is 10.6 Å². The minimum absolute atomic E-state index is 0.790. The number of rotatable bonds is 5. The molecular formula is C16H22N4. The van der Waals surface area contributed by atoms with Gasteiger partial charge < -0.3 is 10.6 Å². The number of anilines is 2. The molecular weight excluding hydrogens is 248 g/mol. The quantitative estimate of drug-likeness (QED) is 0.848. The molecule has 106 valence electrons. The predicted molar refractivity (Wildman–Crippen MR) is 83.7 cm³/mol. The Labute approximate surface area is 120 Å². The molecule has 1 aromatic heterocycles. The molecule has 4 heteroatoms. The van der Waals surface area contributed by atoms with Gasteiger partial charge >= 0.3 is 0 Å². The van der Waals surface area contributed by atoms with Crippen LogP contribution in [0, 0.1) is 13.8 Å². The number of nitrogen functional groups attached to an aromatic ring is 1. The van der Waals surface area contributed by atoms with Crippen LogP contribution in [0.4, 0.5) is 11.6 Å². The Hall–Kier alpha value is -2.10. The van der Waals surface area contributed by atoms with E-state index in [4.69, 9.17) is 5.73 Å². The summed E-state index contributed by atoms with van der Waals surface area (Å²) in [5.41, 5.74) is 9.75. The smallest absolute Gasteiger partial charge is 0.226 e. The van der Waals surface area contributed by atoms with Crippen molar-refractivity contribution in [3.05, 3.63) is 47.3 Å². The van der Waals surface area contributed by atoms with E-state index < -0.39 is 0 Å². The van der Waals surface area contributed by atoms with Crippen LogP contribution >= 0.6 is 0 Å². The first-order chi connectivity index (χ1) is 9.58. The van der Waals surface area contributed by atoms with Gasteiger partial charge in [-0.3, -0.25) is 0 Å². The van der Waals surface area contributed by atoms with Crippen molar-refractivity contribution in [3.8, 4) is 0 Å². The van der Waals surface area contributed by atoms with Crippen LogP contribution in [0.1, 0.15) is 30.3 Å². The van der Waals surface area contributed by atoms with Gasteiger partial charge in [0.05, 0.1) is 0 Å². The molecule has 0 radical (unpaired) electrons. The summed E-state index contributed by atoms with van der Waals surface area (Å²) in [6, 6.07) is 9.97. The fourth-order valence-electron chi connectivity index (χ4n) is 2.21. The number of hydrogen-bond acceptors (Lipinski definition) is 4. The molecule has 2 N–H and O–H groups in total. The summed E-state index contributed by atoms with van der Waals surface area (Å²) in [6.07, 6.45) is 1.06. The van der Waals surface area contributed by atoms with Gasteiger partial charge in [-0.05, 0) is 44.0 Å². The molecule has 0 aliphatic carbocycles. The molecule has 0 atom stereocenters. The summed E-state index contributed by atoms with van der Waals surface area (Å²) in [7, 11) is 0. The molecule has 0 spiro atoms. The van der Waals surface area contributed by atoms with E-state index in [0.29, 0.717) is 0 Å². The SMILES string of the molecule is CCCN(Cc1ccc(N)cc1)c1nc(C)cc(C)n1. The van der Waals surface area contributed by atoms with Crippen molar-refractivity contribution >= 4 is 11.6 Å². The highest BCUT2D eigenvalue weighted by Crippen LogP contribution is 2.15. The highest BCUT2D eigenvalue weighted by molar-refractivity contribution is 5.41.